The standard InChI is InChI=1S/C9H12N2O2/c1-3-8-10-6(2)7(11-8)4-5-9(12)13/h4-5H,3H2,1-2H3,(H,10,11)(H,12,13)/b5-4+. The highest BCUT2D eigenvalue weighted by atomic mass is 16.4. The number of imidazole rings is 1. The van der Waals surface area contributed by atoms with Gasteiger partial charge in [-0.25, -0.2) is 9.78 Å². The average molecular weight is 180 g/mol. The maximum Gasteiger partial charge on any atom is 0.328 e. The Labute approximate surface area is 76.3 Å². The van der Waals surface area contributed by atoms with Crippen LogP contribution in [-0.4, -0.2) is 21.0 Å². The first-order chi connectivity index (χ1) is 6.13. The van der Waals surface area contributed by atoms with Gasteiger partial charge in [0.2, 0.25) is 0 Å². The van der Waals surface area contributed by atoms with Crippen LogP contribution in [0.25, 0.3) is 6.08 Å². The Bertz CT molecular complexity index is 339. The van der Waals surface area contributed by atoms with E-state index in [4.69, 9.17) is 5.11 Å². The summed E-state index contributed by atoms with van der Waals surface area (Å²) < 4.78 is 0. The number of H-pyrrole nitrogens is 1. The van der Waals surface area contributed by atoms with Gasteiger partial charge in [-0.3, -0.25) is 0 Å². The van der Waals surface area contributed by atoms with E-state index in [0.717, 1.165) is 24.0 Å². The smallest absolute Gasteiger partial charge is 0.328 e. The third-order valence-electron chi connectivity index (χ3n) is 1.69. The number of hydrogen-bond donors (Lipinski definition) is 2. The normalized spacial score (nSPS) is 10.9. The van der Waals surface area contributed by atoms with Gasteiger partial charge < -0.3 is 10.1 Å². The van der Waals surface area contributed by atoms with Gasteiger partial charge in [-0.15, -0.1) is 0 Å². The third-order valence-corrected chi connectivity index (χ3v) is 1.69. The summed E-state index contributed by atoms with van der Waals surface area (Å²) in [5, 5.41) is 8.40. The number of nitrogens with one attached hydrogen (secondary N) is 1. The summed E-state index contributed by atoms with van der Waals surface area (Å²) in [6.45, 7) is 3.86. The number of rotatable bonds is 3. The predicted octanol–water partition coefficient (Wildman–Crippen LogP) is 1.38. The number of carbonyl (C=O) groups is 1. The van der Waals surface area contributed by atoms with Crippen molar-refractivity contribution in [3.05, 3.63) is 23.3 Å². The molecule has 0 aliphatic rings. The molecule has 0 spiro atoms. The molecule has 0 radical (unpaired) electrons. The Morgan fingerprint density at radius 3 is 2.85 bits per heavy atom. The Balaban J connectivity index is 2.88. The number of aryl methyl sites for hydroxylation is 2. The van der Waals surface area contributed by atoms with Crippen LogP contribution in [0.5, 0.6) is 0 Å². The van der Waals surface area contributed by atoms with E-state index < -0.39 is 5.97 Å². The molecule has 1 heterocycles. The topological polar surface area (TPSA) is 66.0 Å². The van der Waals surface area contributed by atoms with E-state index in [1.807, 2.05) is 13.8 Å². The molecule has 1 aromatic rings. The number of carboxylic acid groups (broad SMARTS) is 1. The first kappa shape index (κ1) is 9.51. The van der Waals surface area contributed by atoms with Gasteiger partial charge in [-0.1, -0.05) is 6.92 Å². The minimum absolute atomic E-state index is 0.694. The monoisotopic (exact) mass is 180 g/mol. The summed E-state index contributed by atoms with van der Waals surface area (Å²) >= 11 is 0. The highest BCUT2D eigenvalue weighted by Gasteiger charge is 2.01. The molecule has 4 nitrogen and oxygen atoms in total. The lowest BCUT2D eigenvalue weighted by Crippen LogP contribution is -1.86. The van der Waals surface area contributed by atoms with Crippen molar-refractivity contribution in [3.63, 3.8) is 0 Å². The van der Waals surface area contributed by atoms with Gasteiger partial charge >= 0.3 is 5.97 Å². The zero-order chi connectivity index (χ0) is 9.84. The minimum Gasteiger partial charge on any atom is -0.478 e. The number of carboxylic acids is 1. The summed E-state index contributed by atoms with van der Waals surface area (Å²) in [4.78, 5) is 17.5. The molecule has 1 rings (SSSR count). The van der Waals surface area contributed by atoms with E-state index in [0.29, 0.717) is 5.69 Å². The van der Waals surface area contributed by atoms with E-state index in [2.05, 4.69) is 9.97 Å². The van der Waals surface area contributed by atoms with Gasteiger partial charge in [0.15, 0.2) is 0 Å². The fourth-order valence-corrected chi connectivity index (χ4v) is 1.02. The molecule has 13 heavy (non-hydrogen) atoms. The molecule has 0 saturated heterocycles. The molecule has 0 fully saturated rings. The van der Waals surface area contributed by atoms with Crippen LogP contribution in [0.4, 0.5) is 0 Å². The number of aromatic nitrogens is 2. The fourth-order valence-electron chi connectivity index (χ4n) is 1.02. The van der Waals surface area contributed by atoms with Crippen LogP contribution in [0.3, 0.4) is 0 Å². The Morgan fingerprint density at radius 2 is 2.38 bits per heavy atom. The molecule has 0 amide bonds. The predicted molar refractivity (Wildman–Crippen MR) is 49.4 cm³/mol. The van der Waals surface area contributed by atoms with Gasteiger partial charge in [0.25, 0.3) is 0 Å². The van der Waals surface area contributed by atoms with Crippen LogP contribution >= 0.6 is 0 Å². The van der Waals surface area contributed by atoms with Gasteiger partial charge in [0.05, 0.1) is 5.69 Å². The molecular weight excluding hydrogens is 168 g/mol. The van der Waals surface area contributed by atoms with Crippen molar-refractivity contribution in [2.45, 2.75) is 20.3 Å². The SMILES string of the molecule is CCc1nc(/C=C/C(=O)O)c(C)[nH]1. The lowest BCUT2D eigenvalue weighted by molar-refractivity contribution is -0.131. The molecule has 1 aromatic heterocycles. The second-order valence-corrected chi connectivity index (χ2v) is 2.72. The van der Waals surface area contributed by atoms with Gasteiger partial charge in [0, 0.05) is 18.2 Å². The number of aliphatic carboxylic acids is 1. The summed E-state index contributed by atoms with van der Waals surface area (Å²) in [6.07, 6.45) is 3.40. The molecule has 0 aromatic carbocycles. The maximum absolute atomic E-state index is 10.2. The first-order valence-electron chi connectivity index (χ1n) is 4.10. The molecule has 0 aliphatic heterocycles. The Hall–Kier alpha value is -1.58. The lowest BCUT2D eigenvalue weighted by atomic mass is 10.3. The van der Waals surface area contributed by atoms with Gasteiger partial charge in [0.1, 0.15) is 5.82 Å². The molecular formula is C9H12N2O2. The van der Waals surface area contributed by atoms with Crippen LogP contribution in [-0.2, 0) is 11.2 Å². The zero-order valence-electron chi connectivity index (χ0n) is 7.66. The van der Waals surface area contributed by atoms with Crippen molar-refractivity contribution in [1.82, 2.24) is 9.97 Å². The van der Waals surface area contributed by atoms with Crippen LogP contribution in [0.2, 0.25) is 0 Å². The second kappa shape index (κ2) is 3.89. The summed E-state index contributed by atoms with van der Waals surface area (Å²) in [5.74, 6) is -0.0806. The molecule has 0 atom stereocenters. The molecule has 0 unspecified atom stereocenters. The van der Waals surface area contributed by atoms with Crippen molar-refractivity contribution < 1.29 is 9.90 Å². The number of hydrogen-bond acceptors (Lipinski definition) is 2. The van der Waals surface area contributed by atoms with E-state index in [1.54, 1.807) is 0 Å². The molecule has 0 aliphatic carbocycles. The number of nitrogens with zero attached hydrogens (tertiary/aromatic N) is 1. The number of aromatic amines is 1. The van der Waals surface area contributed by atoms with Gasteiger partial charge in [-0.2, -0.15) is 0 Å². The van der Waals surface area contributed by atoms with Crippen molar-refractivity contribution in [1.29, 1.82) is 0 Å². The molecule has 0 bridgehead atoms. The highest BCUT2D eigenvalue weighted by molar-refractivity contribution is 5.85. The third kappa shape index (κ3) is 2.43. The van der Waals surface area contributed by atoms with E-state index >= 15 is 0 Å². The first-order valence-corrected chi connectivity index (χ1v) is 4.10. The highest BCUT2D eigenvalue weighted by Crippen LogP contribution is 2.07. The summed E-state index contributed by atoms with van der Waals surface area (Å²) in [6, 6.07) is 0. The fraction of sp³-hybridized carbons (Fsp3) is 0.333. The average Bonchev–Trinajstić information content (AvgIpc) is 2.43. The van der Waals surface area contributed by atoms with Crippen LogP contribution < -0.4 is 0 Å². The Morgan fingerprint density at radius 1 is 1.69 bits per heavy atom. The van der Waals surface area contributed by atoms with Crippen molar-refractivity contribution in [2.75, 3.05) is 0 Å². The van der Waals surface area contributed by atoms with Crippen molar-refractivity contribution >= 4 is 12.0 Å². The van der Waals surface area contributed by atoms with Crippen molar-refractivity contribution in [3.8, 4) is 0 Å². The lowest BCUT2D eigenvalue weighted by Gasteiger charge is -1.84. The minimum atomic E-state index is -0.958. The van der Waals surface area contributed by atoms with Crippen LogP contribution in [0, 0.1) is 6.92 Å². The molecule has 2 N–H and O–H groups in total. The second-order valence-electron chi connectivity index (χ2n) is 2.72. The van der Waals surface area contributed by atoms with Crippen LogP contribution in [0.1, 0.15) is 24.1 Å². The largest absolute Gasteiger partial charge is 0.478 e. The molecule has 0 saturated carbocycles. The van der Waals surface area contributed by atoms with E-state index in [-0.39, 0.29) is 0 Å². The van der Waals surface area contributed by atoms with E-state index in [9.17, 15) is 4.79 Å². The quantitative estimate of drug-likeness (QED) is 0.690. The summed E-state index contributed by atoms with van der Waals surface area (Å²) in [7, 11) is 0. The van der Waals surface area contributed by atoms with Gasteiger partial charge in [-0.05, 0) is 13.0 Å². The van der Waals surface area contributed by atoms with E-state index in [1.165, 1.54) is 6.08 Å². The maximum atomic E-state index is 10.2. The zero-order valence-corrected chi connectivity index (χ0v) is 7.66. The van der Waals surface area contributed by atoms with Crippen molar-refractivity contribution in [2.24, 2.45) is 0 Å². The molecule has 4 heteroatoms. The summed E-state index contributed by atoms with van der Waals surface area (Å²) in [5.41, 5.74) is 1.59. The Kier molecular flexibility index (Phi) is 2.84. The molecule has 70 valence electrons. The van der Waals surface area contributed by atoms with Crippen LogP contribution in [0.15, 0.2) is 6.08 Å².